The number of unbranched alkanes of at least 4 members (excludes halogenated alkanes) is 1. The largest absolute Gasteiger partial charge is 0.388 e. The quantitative estimate of drug-likeness (QED) is 0.716. The van der Waals surface area contributed by atoms with Crippen molar-refractivity contribution in [3.8, 4) is 0 Å². The first kappa shape index (κ1) is 13.6. The van der Waals surface area contributed by atoms with Gasteiger partial charge in [0.1, 0.15) is 0 Å². The van der Waals surface area contributed by atoms with Crippen LogP contribution in [-0.2, 0) is 4.74 Å². The molecule has 1 aliphatic rings. The van der Waals surface area contributed by atoms with Crippen molar-refractivity contribution in [2.45, 2.75) is 52.4 Å². The van der Waals surface area contributed by atoms with Crippen LogP contribution in [0.5, 0.6) is 0 Å². The summed E-state index contributed by atoms with van der Waals surface area (Å²) >= 11 is 0. The molecule has 0 unspecified atom stereocenters. The Kier molecular flexibility index (Phi) is 7.32. The Morgan fingerprint density at radius 2 is 2.06 bits per heavy atom. The molecule has 0 atom stereocenters. The van der Waals surface area contributed by atoms with Crippen LogP contribution in [0.2, 0.25) is 0 Å². The molecule has 1 fully saturated rings. The molecule has 0 radical (unpaired) electrons. The Morgan fingerprint density at radius 3 is 2.69 bits per heavy atom. The Labute approximate surface area is 100 Å². The topological polar surface area (TPSA) is 21.3 Å². The van der Waals surface area contributed by atoms with E-state index in [1.807, 2.05) is 0 Å². The average Bonchev–Trinajstić information content (AvgIpc) is 2.34. The van der Waals surface area contributed by atoms with Gasteiger partial charge in [-0.25, -0.2) is 0 Å². The van der Waals surface area contributed by atoms with Gasteiger partial charge in [-0.3, -0.25) is 0 Å². The fourth-order valence-electron chi connectivity index (χ4n) is 2.10. The lowest BCUT2D eigenvalue weighted by Crippen LogP contribution is -2.27. The summed E-state index contributed by atoms with van der Waals surface area (Å²) in [5.41, 5.74) is 1.45. The molecule has 1 saturated heterocycles. The predicted molar refractivity (Wildman–Crippen MR) is 69.4 cm³/mol. The van der Waals surface area contributed by atoms with E-state index in [0.717, 1.165) is 32.1 Å². The molecule has 0 spiro atoms. The minimum absolute atomic E-state index is 0.815. The molecular weight excluding hydrogens is 198 g/mol. The van der Waals surface area contributed by atoms with Crippen molar-refractivity contribution in [2.75, 3.05) is 19.8 Å². The van der Waals surface area contributed by atoms with Crippen molar-refractivity contribution in [3.63, 3.8) is 0 Å². The minimum atomic E-state index is 0.815. The number of hydrogen-bond donors (Lipinski definition) is 1. The normalized spacial score (nSPS) is 18.8. The first-order valence-corrected chi connectivity index (χ1v) is 6.87. The third kappa shape index (κ3) is 5.55. The van der Waals surface area contributed by atoms with Gasteiger partial charge in [-0.05, 0) is 38.0 Å². The summed E-state index contributed by atoms with van der Waals surface area (Å²) in [5.74, 6) is 0.815. The van der Waals surface area contributed by atoms with Gasteiger partial charge in [0.2, 0.25) is 0 Å². The predicted octanol–water partition coefficient (Wildman–Crippen LogP) is 3.49. The zero-order chi connectivity index (χ0) is 11.6. The SMILES string of the molecule is CC/C=C(\CCCC)NCC1CCOCC1. The van der Waals surface area contributed by atoms with Crippen LogP contribution in [0.4, 0.5) is 0 Å². The van der Waals surface area contributed by atoms with Gasteiger partial charge in [-0.2, -0.15) is 0 Å². The first-order valence-electron chi connectivity index (χ1n) is 6.87. The molecule has 2 heteroatoms. The second-order valence-electron chi connectivity index (χ2n) is 4.68. The van der Waals surface area contributed by atoms with Gasteiger partial charge in [0, 0.05) is 25.5 Å². The second kappa shape index (κ2) is 8.63. The molecule has 0 aliphatic carbocycles. The second-order valence-corrected chi connectivity index (χ2v) is 4.68. The summed E-state index contributed by atoms with van der Waals surface area (Å²) < 4.78 is 5.38. The van der Waals surface area contributed by atoms with Crippen LogP contribution < -0.4 is 5.32 Å². The summed E-state index contributed by atoms with van der Waals surface area (Å²) in [6, 6.07) is 0. The van der Waals surface area contributed by atoms with Gasteiger partial charge in [-0.1, -0.05) is 26.3 Å². The molecule has 2 nitrogen and oxygen atoms in total. The highest BCUT2D eigenvalue weighted by molar-refractivity contribution is 4.99. The standard InChI is InChI=1S/C14H27NO/c1-3-5-7-14(6-4-2)15-12-13-8-10-16-11-9-13/h6,13,15H,3-5,7-12H2,1-2H3/b14-6+. The Bertz CT molecular complexity index is 195. The maximum Gasteiger partial charge on any atom is 0.0469 e. The maximum atomic E-state index is 5.38. The molecule has 94 valence electrons. The highest BCUT2D eigenvalue weighted by Crippen LogP contribution is 2.14. The Morgan fingerprint density at radius 1 is 1.31 bits per heavy atom. The lowest BCUT2D eigenvalue weighted by Gasteiger charge is -2.23. The van der Waals surface area contributed by atoms with Gasteiger partial charge in [0.15, 0.2) is 0 Å². The highest BCUT2D eigenvalue weighted by Gasteiger charge is 2.13. The molecule has 0 aromatic heterocycles. The summed E-state index contributed by atoms with van der Waals surface area (Å²) in [6.45, 7) is 7.51. The van der Waals surface area contributed by atoms with Gasteiger partial charge < -0.3 is 10.1 Å². The van der Waals surface area contributed by atoms with Crippen molar-refractivity contribution in [1.82, 2.24) is 5.32 Å². The minimum Gasteiger partial charge on any atom is -0.388 e. The average molecular weight is 225 g/mol. The third-order valence-corrected chi connectivity index (χ3v) is 3.21. The van der Waals surface area contributed by atoms with Gasteiger partial charge in [-0.15, -0.1) is 0 Å². The van der Waals surface area contributed by atoms with E-state index in [1.54, 1.807) is 0 Å². The third-order valence-electron chi connectivity index (χ3n) is 3.21. The van der Waals surface area contributed by atoms with E-state index in [-0.39, 0.29) is 0 Å². The van der Waals surface area contributed by atoms with Crippen molar-refractivity contribution < 1.29 is 4.74 Å². The van der Waals surface area contributed by atoms with E-state index in [9.17, 15) is 0 Å². The molecule has 0 aromatic carbocycles. The van der Waals surface area contributed by atoms with Crippen LogP contribution in [0.25, 0.3) is 0 Å². The molecule has 0 saturated carbocycles. The van der Waals surface area contributed by atoms with Crippen LogP contribution >= 0.6 is 0 Å². The number of rotatable bonds is 7. The monoisotopic (exact) mass is 225 g/mol. The fourth-order valence-corrected chi connectivity index (χ4v) is 2.10. The van der Waals surface area contributed by atoms with E-state index in [2.05, 4.69) is 25.2 Å². The highest BCUT2D eigenvalue weighted by atomic mass is 16.5. The van der Waals surface area contributed by atoms with Gasteiger partial charge in [0.25, 0.3) is 0 Å². The fraction of sp³-hybridized carbons (Fsp3) is 0.857. The van der Waals surface area contributed by atoms with Crippen LogP contribution in [0.15, 0.2) is 11.8 Å². The molecule has 1 N–H and O–H groups in total. The van der Waals surface area contributed by atoms with Crippen molar-refractivity contribution in [2.24, 2.45) is 5.92 Å². The van der Waals surface area contributed by atoms with E-state index in [1.165, 1.54) is 37.8 Å². The number of nitrogens with one attached hydrogen (secondary N) is 1. The summed E-state index contributed by atoms with van der Waals surface area (Å²) in [5, 5.41) is 3.63. The zero-order valence-corrected chi connectivity index (χ0v) is 10.9. The molecule has 0 amide bonds. The van der Waals surface area contributed by atoms with Crippen LogP contribution in [0.3, 0.4) is 0 Å². The number of ether oxygens (including phenoxy) is 1. The number of hydrogen-bond acceptors (Lipinski definition) is 2. The van der Waals surface area contributed by atoms with Crippen molar-refractivity contribution in [1.29, 1.82) is 0 Å². The summed E-state index contributed by atoms with van der Waals surface area (Å²) in [7, 11) is 0. The summed E-state index contributed by atoms with van der Waals surface area (Å²) in [6.07, 6.45) is 9.72. The van der Waals surface area contributed by atoms with Crippen molar-refractivity contribution >= 4 is 0 Å². The van der Waals surface area contributed by atoms with Crippen molar-refractivity contribution in [3.05, 3.63) is 11.8 Å². The van der Waals surface area contributed by atoms with Crippen LogP contribution in [0, 0.1) is 5.92 Å². The van der Waals surface area contributed by atoms with Gasteiger partial charge >= 0.3 is 0 Å². The van der Waals surface area contributed by atoms with Crippen LogP contribution in [-0.4, -0.2) is 19.8 Å². The molecule has 1 rings (SSSR count). The Balaban J connectivity index is 2.22. The zero-order valence-electron chi connectivity index (χ0n) is 10.9. The summed E-state index contributed by atoms with van der Waals surface area (Å²) in [4.78, 5) is 0. The van der Waals surface area contributed by atoms with E-state index in [0.29, 0.717) is 0 Å². The maximum absolute atomic E-state index is 5.38. The Hall–Kier alpha value is -0.500. The number of allylic oxidation sites excluding steroid dienone is 2. The van der Waals surface area contributed by atoms with Crippen LogP contribution in [0.1, 0.15) is 52.4 Å². The van der Waals surface area contributed by atoms with E-state index < -0.39 is 0 Å². The molecule has 16 heavy (non-hydrogen) atoms. The lowest BCUT2D eigenvalue weighted by atomic mass is 10.00. The molecule has 0 aromatic rings. The smallest absolute Gasteiger partial charge is 0.0469 e. The van der Waals surface area contributed by atoms with E-state index >= 15 is 0 Å². The lowest BCUT2D eigenvalue weighted by molar-refractivity contribution is 0.0669. The molecular formula is C14H27NO. The van der Waals surface area contributed by atoms with Gasteiger partial charge in [0.05, 0.1) is 0 Å². The molecule has 1 heterocycles. The molecule has 1 aliphatic heterocycles. The first-order chi connectivity index (χ1) is 7.86. The molecule has 0 bridgehead atoms. The van der Waals surface area contributed by atoms with E-state index in [4.69, 9.17) is 4.74 Å².